The first-order valence-corrected chi connectivity index (χ1v) is 11.8. The van der Waals surface area contributed by atoms with E-state index in [9.17, 15) is 9.90 Å². The van der Waals surface area contributed by atoms with Crippen molar-refractivity contribution in [3.05, 3.63) is 83.2 Å². The second-order valence-electron chi connectivity index (χ2n) is 9.37. The summed E-state index contributed by atoms with van der Waals surface area (Å²) in [6.45, 7) is 11.0. The highest BCUT2D eigenvalue weighted by atomic mass is 16.5. The Morgan fingerprint density at radius 1 is 0.971 bits per heavy atom. The van der Waals surface area contributed by atoms with Gasteiger partial charge < -0.3 is 14.7 Å². The van der Waals surface area contributed by atoms with Crippen LogP contribution in [0.2, 0.25) is 0 Å². The van der Waals surface area contributed by atoms with Crippen LogP contribution in [0.25, 0.3) is 0 Å². The number of anilines is 1. The van der Waals surface area contributed by atoms with Crippen LogP contribution in [0.15, 0.2) is 60.9 Å². The van der Waals surface area contributed by atoms with Gasteiger partial charge in [0.05, 0.1) is 0 Å². The first-order valence-electron chi connectivity index (χ1n) is 11.8. The van der Waals surface area contributed by atoms with Gasteiger partial charge >= 0.3 is 5.97 Å². The number of carboxylic acids is 1. The minimum absolute atomic E-state index is 0.503. The number of ether oxygens (including phenoxy) is 1. The molecule has 0 aliphatic heterocycles. The third-order valence-electron chi connectivity index (χ3n) is 5.88. The summed E-state index contributed by atoms with van der Waals surface area (Å²) in [7, 11) is 0. The van der Waals surface area contributed by atoms with Gasteiger partial charge in [0, 0.05) is 25.5 Å². The van der Waals surface area contributed by atoms with Crippen molar-refractivity contribution in [2.24, 2.45) is 0 Å². The molecule has 0 radical (unpaired) electrons. The molecular weight excluding hydrogens is 426 g/mol. The monoisotopic (exact) mass is 461 g/mol. The molecule has 3 aromatic rings. The van der Waals surface area contributed by atoms with Gasteiger partial charge in [-0.05, 0) is 67.0 Å². The highest BCUT2D eigenvalue weighted by Gasteiger charge is 2.29. The fourth-order valence-corrected chi connectivity index (χ4v) is 3.50. The van der Waals surface area contributed by atoms with Crippen molar-refractivity contribution in [3.63, 3.8) is 0 Å². The number of aliphatic carboxylic acids is 1. The Balaban J connectivity index is 1.72. The molecular formula is C28H35N3O3. The molecule has 6 heteroatoms. The van der Waals surface area contributed by atoms with E-state index in [1.807, 2.05) is 36.7 Å². The Hall–Kier alpha value is -3.41. The molecule has 0 aliphatic rings. The zero-order chi connectivity index (χ0) is 24.7. The summed E-state index contributed by atoms with van der Waals surface area (Å²) in [5.41, 5.74) is 3.51. The van der Waals surface area contributed by atoms with E-state index in [4.69, 9.17) is 4.74 Å². The number of hydrogen-bond acceptors (Lipinski definition) is 5. The molecule has 1 N–H and O–H groups in total. The van der Waals surface area contributed by atoms with Crippen molar-refractivity contribution in [2.45, 2.75) is 65.5 Å². The van der Waals surface area contributed by atoms with Crippen molar-refractivity contribution in [3.8, 4) is 5.75 Å². The normalized spacial score (nSPS) is 11.5. The van der Waals surface area contributed by atoms with E-state index in [2.05, 4.69) is 59.9 Å². The highest BCUT2D eigenvalue weighted by Crippen LogP contribution is 2.21. The zero-order valence-corrected chi connectivity index (χ0v) is 20.8. The molecule has 3 rings (SSSR count). The van der Waals surface area contributed by atoms with E-state index in [0.29, 0.717) is 17.6 Å². The molecule has 34 heavy (non-hydrogen) atoms. The molecule has 0 aliphatic carbocycles. The quantitative estimate of drug-likeness (QED) is 0.397. The van der Waals surface area contributed by atoms with Crippen LogP contribution in [0.1, 0.15) is 62.8 Å². The second-order valence-corrected chi connectivity index (χ2v) is 9.37. The average Bonchev–Trinajstić information content (AvgIpc) is 2.82. The van der Waals surface area contributed by atoms with Crippen LogP contribution in [0, 0.1) is 0 Å². The molecule has 0 amide bonds. The van der Waals surface area contributed by atoms with Crippen molar-refractivity contribution >= 4 is 11.9 Å². The molecule has 0 saturated carbocycles. The van der Waals surface area contributed by atoms with Crippen LogP contribution in [0.5, 0.6) is 5.75 Å². The van der Waals surface area contributed by atoms with E-state index in [0.717, 1.165) is 37.1 Å². The van der Waals surface area contributed by atoms with Gasteiger partial charge in [0.25, 0.3) is 0 Å². The molecule has 1 heterocycles. The summed E-state index contributed by atoms with van der Waals surface area (Å²) in [4.78, 5) is 22.7. The number of rotatable bonds is 11. The highest BCUT2D eigenvalue weighted by molar-refractivity contribution is 5.76. The van der Waals surface area contributed by atoms with E-state index in [-0.39, 0.29) is 0 Å². The van der Waals surface area contributed by atoms with Crippen molar-refractivity contribution in [2.75, 3.05) is 11.4 Å². The lowest BCUT2D eigenvalue weighted by atomic mass is 10.0. The fourth-order valence-electron chi connectivity index (χ4n) is 3.50. The van der Waals surface area contributed by atoms with E-state index in [1.54, 1.807) is 13.8 Å². The summed E-state index contributed by atoms with van der Waals surface area (Å²) in [6.07, 6.45) is 5.50. The maximum Gasteiger partial charge on any atom is 0.347 e. The number of benzene rings is 2. The van der Waals surface area contributed by atoms with Crippen molar-refractivity contribution in [1.29, 1.82) is 0 Å². The summed E-state index contributed by atoms with van der Waals surface area (Å²) in [5, 5.41) is 9.26. The Kier molecular flexibility index (Phi) is 8.26. The Labute approximate surface area is 202 Å². The van der Waals surface area contributed by atoms with E-state index in [1.165, 1.54) is 11.1 Å². The molecule has 6 nitrogen and oxygen atoms in total. The topological polar surface area (TPSA) is 75.6 Å². The number of carboxylic acid groups (broad SMARTS) is 1. The maximum atomic E-state index is 11.3. The number of aryl methyl sites for hydroxylation is 1. The SMILES string of the molecule is CCc1cnc(N(CCc2ccc(OC(C)(C)C(=O)O)cc2)Cc2ccc(C(C)C)cc2)nc1. The lowest BCUT2D eigenvalue weighted by Gasteiger charge is -2.24. The molecule has 0 atom stereocenters. The minimum Gasteiger partial charge on any atom is -0.478 e. The average molecular weight is 462 g/mol. The number of nitrogens with zero attached hydrogens (tertiary/aromatic N) is 3. The van der Waals surface area contributed by atoms with Crippen LogP contribution in [0.4, 0.5) is 5.95 Å². The van der Waals surface area contributed by atoms with Crippen LogP contribution in [-0.2, 0) is 24.2 Å². The number of carbonyl (C=O) groups is 1. The minimum atomic E-state index is -1.27. The lowest BCUT2D eigenvalue weighted by Crippen LogP contribution is -2.37. The Morgan fingerprint density at radius 3 is 2.09 bits per heavy atom. The van der Waals surface area contributed by atoms with Crippen LogP contribution in [0.3, 0.4) is 0 Å². The van der Waals surface area contributed by atoms with Gasteiger partial charge in [-0.3, -0.25) is 0 Å². The van der Waals surface area contributed by atoms with E-state index >= 15 is 0 Å². The van der Waals surface area contributed by atoms with Crippen molar-refractivity contribution < 1.29 is 14.6 Å². The van der Waals surface area contributed by atoms with Crippen molar-refractivity contribution in [1.82, 2.24) is 9.97 Å². The number of aromatic nitrogens is 2. The number of hydrogen-bond donors (Lipinski definition) is 1. The smallest absolute Gasteiger partial charge is 0.347 e. The molecule has 0 spiro atoms. The molecule has 0 saturated heterocycles. The lowest BCUT2D eigenvalue weighted by molar-refractivity contribution is -0.152. The van der Waals surface area contributed by atoms with E-state index < -0.39 is 11.6 Å². The Bertz CT molecular complexity index is 1060. The summed E-state index contributed by atoms with van der Waals surface area (Å²) >= 11 is 0. The second kappa shape index (κ2) is 11.1. The van der Waals surface area contributed by atoms with Gasteiger partial charge in [0.2, 0.25) is 5.95 Å². The molecule has 0 bridgehead atoms. The standard InChI is InChI=1S/C28H35N3O3/c1-6-21-17-29-27(30-18-21)31(19-23-7-11-24(12-8-23)20(2)3)16-15-22-9-13-25(14-10-22)34-28(4,5)26(32)33/h7-14,17-18,20H,6,15-16,19H2,1-5H3,(H,32,33). The van der Waals surface area contributed by atoms with Crippen LogP contribution >= 0.6 is 0 Å². The largest absolute Gasteiger partial charge is 0.478 e. The van der Waals surface area contributed by atoms with Crippen LogP contribution in [-0.4, -0.2) is 33.2 Å². The third kappa shape index (κ3) is 6.80. The Morgan fingerprint density at radius 2 is 1.56 bits per heavy atom. The third-order valence-corrected chi connectivity index (χ3v) is 5.88. The predicted octanol–water partition coefficient (Wildman–Crippen LogP) is 5.65. The van der Waals surface area contributed by atoms with Crippen LogP contribution < -0.4 is 9.64 Å². The first-order chi connectivity index (χ1) is 16.2. The zero-order valence-electron chi connectivity index (χ0n) is 20.8. The summed E-state index contributed by atoms with van der Waals surface area (Å²) in [5.74, 6) is 0.760. The van der Waals surface area contributed by atoms with Gasteiger partial charge in [-0.25, -0.2) is 14.8 Å². The summed E-state index contributed by atoms with van der Waals surface area (Å²) < 4.78 is 5.61. The van der Waals surface area contributed by atoms with Gasteiger partial charge in [-0.1, -0.05) is 57.2 Å². The van der Waals surface area contributed by atoms with Gasteiger partial charge in [0.15, 0.2) is 5.60 Å². The molecule has 0 fully saturated rings. The van der Waals surface area contributed by atoms with Gasteiger partial charge in [-0.15, -0.1) is 0 Å². The fraction of sp³-hybridized carbons (Fsp3) is 0.393. The van der Waals surface area contributed by atoms with Gasteiger partial charge in [-0.2, -0.15) is 0 Å². The molecule has 0 unspecified atom stereocenters. The predicted molar refractivity (Wildman–Crippen MR) is 135 cm³/mol. The maximum absolute atomic E-state index is 11.3. The van der Waals surface area contributed by atoms with Gasteiger partial charge in [0.1, 0.15) is 5.75 Å². The molecule has 2 aromatic carbocycles. The summed E-state index contributed by atoms with van der Waals surface area (Å²) in [6, 6.07) is 16.3. The molecule has 180 valence electrons. The first kappa shape index (κ1) is 25.2. The molecule has 1 aromatic heterocycles.